The maximum Gasteiger partial charge on any atom is 0.142 e. The Morgan fingerprint density at radius 1 is 0.833 bits per heavy atom. The van der Waals surface area contributed by atoms with Crippen LogP contribution in [0.3, 0.4) is 0 Å². The molecular weight excluding hydrogens is 298 g/mol. The van der Waals surface area contributed by atoms with Crippen LogP contribution in [0.4, 0.5) is 5.69 Å². The third-order valence-corrected chi connectivity index (χ3v) is 6.28. The van der Waals surface area contributed by atoms with E-state index < -0.39 is 0 Å². The van der Waals surface area contributed by atoms with Crippen LogP contribution in [0.2, 0.25) is 0 Å². The fraction of sp³-hybridized carbons (Fsp3) is 0.700. The lowest BCUT2D eigenvalue weighted by molar-refractivity contribution is 0.0419. The van der Waals surface area contributed by atoms with Gasteiger partial charge in [-0.15, -0.1) is 0 Å². The molecule has 1 aromatic carbocycles. The monoisotopic (exact) mass is 329 g/mol. The first-order valence-electron chi connectivity index (χ1n) is 9.71. The molecule has 4 heteroatoms. The standard InChI is InChI=1S/C20H31N3O/c1-24-20-10-3-2-9-19(20)22-14-12-21(13-15-22)18-8-5-11-23(16-18)17-6-4-7-17/h2-3,9-10,17-18H,4-8,11-16H2,1H3/t18-/m1/s1. The summed E-state index contributed by atoms with van der Waals surface area (Å²) >= 11 is 0. The van der Waals surface area contributed by atoms with Gasteiger partial charge in [0.1, 0.15) is 5.75 Å². The molecule has 0 amide bonds. The van der Waals surface area contributed by atoms with Crippen LogP contribution in [-0.2, 0) is 0 Å². The molecule has 0 unspecified atom stereocenters. The second-order valence-electron chi connectivity index (χ2n) is 7.57. The van der Waals surface area contributed by atoms with Crippen molar-refractivity contribution in [2.45, 2.75) is 44.2 Å². The number of likely N-dealkylation sites (tertiary alicyclic amines) is 1. The number of rotatable bonds is 4. The highest BCUT2D eigenvalue weighted by atomic mass is 16.5. The van der Waals surface area contributed by atoms with Gasteiger partial charge in [0, 0.05) is 44.8 Å². The lowest BCUT2D eigenvalue weighted by Gasteiger charge is -2.47. The van der Waals surface area contributed by atoms with Crippen molar-refractivity contribution in [2.75, 3.05) is 51.3 Å². The summed E-state index contributed by atoms with van der Waals surface area (Å²) in [6.07, 6.45) is 7.10. The normalized spacial score (nSPS) is 27.0. The van der Waals surface area contributed by atoms with E-state index in [4.69, 9.17) is 4.74 Å². The first-order chi connectivity index (χ1) is 11.8. The number of anilines is 1. The van der Waals surface area contributed by atoms with Crippen LogP contribution in [0.25, 0.3) is 0 Å². The molecule has 2 aliphatic heterocycles. The molecule has 0 bridgehead atoms. The molecule has 2 saturated heterocycles. The maximum absolute atomic E-state index is 5.54. The summed E-state index contributed by atoms with van der Waals surface area (Å²) in [4.78, 5) is 8.02. The molecule has 0 aromatic heterocycles. The SMILES string of the molecule is COc1ccccc1N1CCN([C@@H]2CCCN(C3CCC3)C2)CC1. The maximum atomic E-state index is 5.54. The van der Waals surface area contributed by atoms with Gasteiger partial charge in [0.15, 0.2) is 0 Å². The molecule has 0 radical (unpaired) electrons. The molecule has 3 aliphatic rings. The molecule has 0 N–H and O–H groups in total. The molecule has 3 fully saturated rings. The number of hydrogen-bond acceptors (Lipinski definition) is 4. The minimum absolute atomic E-state index is 0.777. The third-order valence-electron chi connectivity index (χ3n) is 6.28. The molecule has 1 atom stereocenters. The molecule has 1 aromatic rings. The molecular formula is C20H31N3O. The molecule has 4 rings (SSSR count). The number of piperidine rings is 1. The Labute approximate surface area is 146 Å². The Kier molecular flexibility index (Phi) is 4.95. The van der Waals surface area contributed by atoms with Gasteiger partial charge in [-0.05, 0) is 44.4 Å². The molecule has 1 saturated carbocycles. The summed E-state index contributed by atoms with van der Waals surface area (Å²) in [6, 6.07) is 10.1. The zero-order valence-corrected chi connectivity index (χ0v) is 15.0. The van der Waals surface area contributed by atoms with E-state index in [-0.39, 0.29) is 0 Å². The summed E-state index contributed by atoms with van der Waals surface area (Å²) in [7, 11) is 1.77. The van der Waals surface area contributed by atoms with Gasteiger partial charge >= 0.3 is 0 Å². The first kappa shape index (κ1) is 16.2. The van der Waals surface area contributed by atoms with Gasteiger partial charge < -0.3 is 9.64 Å². The second-order valence-corrected chi connectivity index (χ2v) is 7.57. The quantitative estimate of drug-likeness (QED) is 0.845. The van der Waals surface area contributed by atoms with E-state index in [0.717, 1.165) is 30.9 Å². The van der Waals surface area contributed by atoms with Gasteiger partial charge in [0.2, 0.25) is 0 Å². The largest absolute Gasteiger partial charge is 0.495 e. The summed E-state index contributed by atoms with van der Waals surface area (Å²) in [5.74, 6) is 1.000. The Bertz CT molecular complexity index is 537. The third kappa shape index (κ3) is 3.27. The zero-order chi connectivity index (χ0) is 16.4. The predicted molar refractivity (Wildman–Crippen MR) is 99.0 cm³/mol. The highest BCUT2D eigenvalue weighted by Gasteiger charge is 2.33. The van der Waals surface area contributed by atoms with Gasteiger partial charge in [-0.1, -0.05) is 18.6 Å². The smallest absolute Gasteiger partial charge is 0.142 e. The van der Waals surface area contributed by atoms with E-state index in [1.807, 2.05) is 0 Å². The van der Waals surface area contributed by atoms with Gasteiger partial charge in [-0.2, -0.15) is 0 Å². The van der Waals surface area contributed by atoms with Crippen LogP contribution >= 0.6 is 0 Å². The van der Waals surface area contributed by atoms with Gasteiger partial charge in [0.05, 0.1) is 12.8 Å². The highest BCUT2D eigenvalue weighted by Crippen LogP contribution is 2.31. The van der Waals surface area contributed by atoms with E-state index in [9.17, 15) is 0 Å². The Morgan fingerprint density at radius 3 is 2.29 bits per heavy atom. The molecule has 2 heterocycles. The van der Waals surface area contributed by atoms with Crippen LogP contribution in [0.5, 0.6) is 5.75 Å². The fourth-order valence-corrected chi connectivity index (χ4v) is 4.58. The average Bonchev–Trinajstić information content (AvgIpc) is 2.61. The predicted octanol–water partition coefficient (Wildman–Crippen LogP) is 2.83. The molecule has 132 valence electrons. The van der Waals surface area contributed by atoms with Crippen molar-refractivity contribution in [3.8, 4) is 5.75 Å². The van der Waals surface area contributed by atoms with E-state index in [1.165, 1.54) is 64.0 Å². The Balaban J connectivity index is 1.34. The minimum atomic E-state index is 0.777. The molecule has 24 heavy (non-hydrogen) atoms. The van der Waals surface area contributed by atoms with Gasteiger partial charge in [-0.3, -0.25) is 9.80 Å². The van der Waals surface area contributed by atoms with Gasteiger partial charge in [-0.25, -0.2) is 0 Å². The van der Waals surface area contributed by atoms with Crippen molar-refractivity contribution >= 4 is 5.69 Å². The second kappa shape index (κ2) is 7.32. The molecule has 1 aliphatic carbocycles. The number of piperazine rings is 1. The van der Waals surface area contributed by atoms with E-state index in [1.54, 1.807) is 7.11 Å². The van der Waals surface area contributed by atoms with E-state index in [2.05, 4.69) is 39.0 Å². The Hall–Kier alpha value is -1.26. The van der Waals surface area contributed by atoms with Crippen molar-refractivity contribution in [3.63, 3.8) is 0 Å². The number of benzene rings is 1. The van der Waals surface area contributed by atoms with Crippen LogP contribution in [0.15, 0.2) is 24.3 Å². The van der Waals surface area contributed by atoms with Crippen molar-refractivity contribution in [1.29, 1.82) is 0 Å². The number of ether oxygens (including phenoxy) is 1. The van der Waals surface area contributed by atoms with E-state index >= 15 is 0 Å². The summed E-state index contributed by atoms with van der Waals surface area (Å²) in [5.41, 5.74) is 1.25. The van der Waals surface area contributed by atoms with Crippen molar-refractivity contribution in [2.24, 2.45) is 0 Å². The number of methoxy groups -OCH3 is 1. The summed E-state index contributed by atoms with van der Waals surface area (Å²) in [5, 5.41) is 0. The van der Waals surface area contributed by atoms with Crippen molar-refractivity contribution in [3.05, 3.63) is 24.3 Å². The van der Waals surface area contributed by atoms with Crippen molar-refractivity contribution < 1.29 is 4.74 Å². The average molecular weight is 329 g/mol. The van der Waals surface area contributed by atoms with Gasteiger partial charge in [0.25, 0.3) is 0 Å². The van der Waals surface area contributed by atoms with Crippen LogP contribution in [0.1, 0.15) is 32.1 Å². The number of para-hydroxylation sites is 2. The fourth-order valence-electron chi connectivity index (χ4n) is 4.58. The summed E-state index contributed by atoms with van der Waals surface area (Å²) < 4.78 is 5.54. The van der Waals surface area contributed by atoms with Crippen LogP contribution < -0.4 is 9.64 Å². The highest BCUT2D eigenvalue weighted by molar-refractivity contribution is 5.58. The van der Waals surface area contributed by atoms with Crippen molar-refractivity contribution in [1.82, 2.24) is 9.80 Å². The first-order valence-corrected chi connectivity index (χ1v) is 9.71. The van der Waals surface area contributed by atoms with E-state index in [0.29, 0.717) is 0 Å². The number of hydrogen-bond donors (Lipinski definition) is 0. The molecule has 0 spiro atoms. The summed E-state index contributed by atoms with van der Waals surface area (Å²) in [6.45, 7) is 7.23. The lowest BCUT2D eigenvalue weighted by atomic mass is 9.89. The molecule has 4 nitrogen and oxygen atoms in total. The minimum Gasteiger partial charge on any atom is -0.495 e. The lowest BCUT2D eigenvalue weighted by Crippen LogP contribution is -2.57. The van der Waals surface area contributed by atoms with Crippen LogP contribution in [-0.4, -0.2) is 68.3 Å². The number of nitrogens with zero attached hydrogens (tertiary/aromatic N) is 3. The Morgan fingerprint density at radius 2 is 1.58 bits per heavy atom. The zero-order valence-electron chi connectivity index (χ0n) is 15.0. The topological polar surface area (TPSA) is 19.0 Å². The van der Waals surface area contributed by atoms with Crippen LogP contribution in [0, 0.1) is 0 Å².